The summed E-state index contributed by atoms with van der Waals surface area (Å²) in [5, 5.41) is 6.12. The highest BCUT2D eigenvalue weighted by Crippen LogP contribution is 2.31. The molecule has 0 radical (unpaired) electrons. The molecule has 1 aliphatic rings. The number of anilines is 1. The summed E-state index contributed by atoms with van der Waals surface area (Å²) in [4.78, 5) is 14.8. The zero-order valence-corrected chi connectivity index (χ0v) is 22.7. The largest absolute Gasteiger partial charge is 0.369 e. The quantitative estimate of drug-likeness (QED) is 0.233. The average molecular weight is 535 g/mol. The first-order chi connectivity index (χ1) is 18.1. The van der Waals surface area contributed by atoms with E-state index in [0.717, 1.165) is 84.7 Å². The van der Waals surface area contributed by atoms with Gasteiger partial charge in [0.15, 0.2) is 0 Å². The third-order valence-corrected chi connectivity index (χ3v) is 7.48. The summed E-state index contributed by atoms with van der Waals surface area (Å²) < 4.78 is 0. The van der Waals surface area contributed by atoms with Crippen molar-refractivity contribution in [2.45, 2.75) is 32.4 Å². The molecule has 0 spiro atoms. The Bertz CT molecular complexity index is 1260. The molecule has 0 bridgehead atoms. The maximum absolute atomic E-state index is 6.19. The van der Waals surface area contributed by atoms with Gasteiger partial charge in [-0.25, -0.2) is 9.97 Å². The van der Waals surface area contributed by atoms with Crippen LogP contribution in [0, 0.1) is 0 Å². The lowest BCUT2D eigenvalue weighted by molar-refractivity contribution is 0.103. The van der Waals surface area contributed by atoms with Crippen molar-refractivity contribution in [3.8, 4) is 0 Å². The third kappa shape index (κ3) is 6.42. The number of halogens is 2. The fraction of sp³-hybridized carbons (Fsp3) is 0.333. The van der Waals surface area contributed by atoms with E-state index in [9.17, 15) is 0 Å². The smallest absolute Gasteiger partial charge is 0.145 e. The SMILES string of the molecule is CCCCNc1nc(CN2CCN(C(c3ccc(Cl)cc3)c3ccc(Cl)cc3)CC2)nc2ccccc12. The summed E-state index contributed by atoms with van der Waals surface area (Å²) in [5.41, 5.74) is 3.47. The fourth-order valence-electron chi connectivity index (χ4n) is 5.00. The number of piperazine rings is 1. The van der Waals surface area contributed by atoms with Crippen LogP contribution in [0.3, 0.4) is 0 Å². The minimum Gasteiger partial charge on any atom is -0.369 e. The number of hydrogen-bond acceptors (Lipinski definition) is 5. The van der Waals surface area contributed by atoms with E-state index >= 15 is 0 Å². The number of aromatic nitrogens is 2. The van der Waals surface area contributed by atoms with Crippen molar-refractivity contribution in [2.24, 2.45) is 0 Å². The molecule has 2 heterocycles. The number of hydrogen-bond donors (Lipinski definition) is 1. The van der Waals surface area contributed by atoms with Crippen molar-refractivity contribution in [3.05, 3.63) is 99.8 Å². The highest BCUT2D eigenvalue weighted by atomic mass is 35.5. The lowest BCUT2D eigenvalue weighted by atomic mass is 9.96. The second kappa shape index (κ2) is 12.2. The molecule has 5 rings (SSSR count). The van der Waals surface area contributed by atoms with Gasteiger partial charge in [-0.05, 0) is 53.9 Å². The van der Waals surface area contributed by atoms with Gasteiger partial charge in [0.25, 0.3) is 0 Å². The molecule has 0 unspecified atom stereocenters. The number of fused-ring (bicyclic) bond motifs is 1. The lowest BCUT2D eigenvalue weighted by Crippen LogP contribution is -2.47. The average Bonchev–Trinajstić information content (AvgIpc) is 2.92. The van der Waals surface area contributed by atoms with Crippen LogP contribution in [0.25, 0.3) is 10.9 Å². The molecule has 37 heavy (non-hydrogen) atoms. The Kier molecular flexibility index (Phi) is 8.57. The van der Waals surface area contributed by atoms with Gasteiger partial charge in [-0.3, -0.25) is 9.80 Å². The number of benzene rings is 3. The molecule has 1 fully saturated rings. The van der Waals surface area contributed by atoms with Crippen molar-refractivity contribution in [2.75, 3.05) is 38.0 Å². The van der Waals surface area contributed by atoms with Crippen LogP contribution in [0.2, 0.25) is 10.0 Å². The van der Waals surface area contributed by atoms with Crippen LogP contribution < -0.4 is 5.32 Å². The molecule has 1 saturated heterocycles. The van der Waals surface area contributed by atoms with Gasteiger partial charge in [0.2, 0.25) is 0 Å². The first-order valence-corrected chi connectivity index (χ1v) is 13.8. The Labute approximate surface area is 229 Å². The van der Waals surface area contributed by atoms with E-state index < -0.39 is 0 Å². The molecule has 1 N–H and O–H groups in total. The predicted octanol–water partition coefficient (Wildman–Crippen LogP) is 7.06. The van der Waals surface area contributed by atoms with Gasteiger partial charge in [0.05, 0.1) is 18.1 Å². The number of nitrogens with one attached hydrogen (secondary N) is 1. The molecule has 0 saturated carbocycles. The molecule has 192 valence electrons. The molecule has 7 heteroatoms. The van der Waals surface area contributed by atoms with Gasteiger partial charge >= 0.3 is 0 Å². The number of unbranched alkanes of at least 4 members (excludes halogenated alkanes) is 1. The Morgan fingerprint density at radius 3 is 2.05 bits per heavy atom. The van der Waals surface area contributed by atoms with Crippen LogP contribution in [0.5, 0.6) is 0 Å². The van der Waals surface area contributed by atoms with Gasteiger partial charge in [0.1, 0.15) is 11.6 Å². The van der Waals surface area contributed by atoms with Gasteiger partial charge in [-0.1, -0.05) is 72.9 Å². The first-order valence-electron chi connectivity index (χ1n) is 13.1. The van der Waals surface area contributed by atoms with Crippen LogP contribution >= 0.6 is 23.2 Å². The maximum atomic E-state index is 6.19. The second-order valence-electron chi connectivity index (χ2n) is 9.60. The monoisotopic (exact) mass is 533 g/mol. The normalized spacial score (nSPS) is 14.9. The Hall–Kier alpha value is -2.70. The Morgan fingerprint density at radius 1 is 0.811 bits per heavy atom. The standard InChI is InChI=1S/C30H33Cl2N5/c1-2-3-16-33-30-26-6-4-5-7-27(26)34-28(35-30)21-36-17-19-37(20-18-36)29(22-8-12-24(31)13-9-22)23-10-14-25(32)15-11-23/h4-15,29H,2-3,16-21H2,1H3,(H,33,34,35). The summed E-state index contributed by atoms with van der Waals surface area (Å²) in [6.07, 6.45) is 2.28. The lowest BCUT2D eigenvalue weighted by Gasteiger charge is -2.39. The van der Waals surface area contributed by atoms with Gasteiger partial charge < -0.3 is 5.32 Å². The summed E-state index contributed by atoms with van der Waals surface area (Å²) in [6, 6.07) is 24.8. The molecule has 0 amide bonds. The van der Waals surface area contributed by atoms with Crippen LogP contribution in [0.15, 0.2) is 72.8 Å². The molecule has 4 aromatic rings. The minimum atomic E-state index is 0.156. The van der Waals surface area contributed by atoms with Crippen LogP contribution in [-0.4, -0.2) is 52.5 Å². The van der Waals surface area contributed by atoms with E-state index in [1.54, 1.807) is 0 Å². The van der Waals surface area contributed by atoms with E-state index in [1.807, 2.05) is 36.4 Å². The first kappa shape index (κ1) is 25.9. The van der Waals surface area contributed by atoms with Crippen LogP contribution in [-0.2, 0) is 6.54 Å². The number of rotatable bonds is 9. The predicted molar refractivity (Wildman–Crippen MR) is 155 cm³/mol. The van der Waals surface area contributed by atoms with Crippen molar-refractivity contribution in [1.82, 2.24) is 19.8 Å². The van der Waals surface area contributed by atoms with Crippen LogP contribution in [0.4, 0.5) is 5.82 Å². The molecule has 3 aromatic carbocycles. The molecule has 5 nitrogen and oxygen atoms in total. The molecule has 0 aliphatic carbocycles. The Balaban J connectivity index is 1.31. The number of nitrogens with zero attached hydrogens (tertiary/aromatic N) is 4. The Morgan fingerprint density at radius 2 is 1.43 bits per heavy atom. The van der Waals surface area contributed by atoms with Crippen LogP contribution in [0.1, 0.15) is 42.8 Å². The zero-order chi connectivity index (χ0) is 25.6. The maximum Gasteiger partial charge on any atom is 0.145 e. The third-order valence-electron chi connectivity index (χ3n) is 6.98. The second-order valence-corrected chi connectivity index (χ2v) is 10.5. The highest BCUT2D eigenvalue weighted by molar-refractivity contribution is 6.30. The van der Waals surface area contributed by atoms with Crippen molar-refractivity contribution >= 4 is 39.9 Å². The zero-order valence-electron chi connectivity index (χ0n) is 21.2. The number of para-hydroxylation sites is 1. The van der Waals surface area contributed by atoms with E-state index in [1.165, 1.54) is 11.1 Å². The van der Waals surface area contributed by atoms with Crippen molar-refractivity contribution in [3.63, 3.8) is 0 Å². The van der Waals surface area contributed by atoms with Crippen molar-refractivity contribution in [1.29, 1.82) is 0 Å². The molecule has 1 aliphatic heterocycles. The van der Waals surface area contributed by atoms with E-state index in [2.05, 4.69) is 58.4 Å². The van der Waals surface area contributed by atoms with Gasteiger partial charge in [-0.15, -0.1) is 0 Å². The molecule has 1 aromatic heterocycles. The van der Waals surface area contributed by atoms with E-state index in [-0.39, 0.29) is 6.04 Å². The summed E-state index contributed by atoms with van der Waals surface area (Å²) in [7, 11) is 0. The topological polar surface area (TPSA) is 44.3 Å². The highest BCUT2D eigenvalue weighted by Gasteiger charge is 2.27. The van der Waals surface area contributed by atoms with Crippen molar-refractivity contribution < 1.29 is 0 Å². The van der Waals surface area contributed by atoms with Gasteiger partial charge in [0, 0.05) is 48.2 Å². The van der Waals surface area contributed by atoms with E-state index in [0.29, 0.717) is 0 Å². The molecular weight excluding hydrogens is 501 g/mol. The minimum absolute atomic E-state index is 0.156. The summed E-state index contributed by atoms with van der Waals surface area (Å²) in [6.45, 7) is 7.67. The molecule has 0 atom stereocenters. The fourth-order valence-corrected chi connectivity index (χ4v) is 5.25. The van der Waals surface area contributed by atoms with E-state index in [4.69, 9.17) is 33.2 Å². The summed E-state index contributed by atoms with van der Waals surface area (Å²) >= 11 is 12.4. The van der Waals surface area contributed by atoms with Gasteiger partial charge in [-0.2, -0.15) is 0 Å². The summed E-state index contributed by atoms with van der Waals surface area (Å²) in [5.74, 6) is 1.82. The molecular formula is C30H33Cl2N5.